The van der Waals surface area contributed by atoms with Crippen LogP contribution >= 0.6 is 11.6 Å². The van der Waals surface area contributed by atoms with Crippen LogP contribution in [0.15, 0.2) is 36.4 Å². The molecule has 0 aliphatic rings. The van der Waals surface area contributed by atoms with Gasteiger partial charge in [-0.1, -0.05) is 41.9 Å². The number of aromatic nitrogens is 1. The Labute approximate surface area is 133 Å². The largest absolute Gasteiger partial charge is 0.377 e. The number of ether oxygens (including phenoxy) is 1. The van der Waals surface area contributed by atoms with Crippen molar-refractivity contribution in [3.05, 3.63) is 62.9 Å². The van der Waals surface area contributed by atoms with Crippen LogP contribution in [0, 0.1) is 17.0 Å². The van der Waals surface area contributed by atoms with E-state index in [0.29, 0.717) is 31.1 Å². The Morgan fingerprint density at radius 3 is 2.77 bits per heavy atom. The standard InChI is InChI=1S/C15H16ClN3O3/c1-11-9-13(14(19(20)21)15(16)18-11)17-7-8-22-10-12-5-3-2-4-6-12/h2-6,9H,7-8,10H2,1H3,(H,17,18). The van der Waals surface area contributed by atoms with Gasteiger partial charge in [0.25, 0.3) is 0 Å². The summed E-state index contributed by atoms with van der Waals surface area (Å²) in [5, 5.41) is 13.9. The van der Waals surface area contributed by atoms with Gasteiger partial charge in [0.1, 0.15) is 5.69 Å². The highest BCUT2D eigenvalue weighted by Crippen LogP contribution is 2.31. The highest BCUT2D eigenvalue weighted by Gasteiger charge is 2.20. The van der Waals surface area contributed by atoms with Crippen LogP contribution < -0.4 is 5.32 Å². The summed E-state index contributed by atoms with van der Waals surface area (Å²) in [5.74, 6) is 0. The number of rotatable bonds is 7. The smallest absolute Gasteiger partial charge is 0.329 e. The molecule has 2 aromatic rings. The van der Waals surface area contributed by atoms with Gasteiger partial charge in [0.2, 0.25) is 5.15 Å². The van der Waals surface area contributed by atoms with Crippen LogP contribution in [0.25, 0.3) is 0 Å². The monoisotopic (exact) mass is 321 g/mol. The Bertz CT molecular complexity index is 650. The van der Waals surface area contributed by atoms with Crippen molar-refractivity contribution in [2.24, 2.45) is 0 Å². The minimum Gasteiger partial charge on any atom is -0.377 e. The number of pyridine rings is 1. The Morgan fingerprint density at radius 1 is 1.36 bits per heavy atom. The zero-order valence-electron chi connectivity index (χ0n) is 12.1. The number of halogens is 1. The second-order valence-electron chi connectivity index (χ2n) is 4.67. The molecule has 0 aliphatic heterocycles. The van der Waals surface area contributed by atoms with Gasteiger partial charge in [-0.2, -0.15) is 0 Å². The van der Waals surface area contributed by atoms with Crippen molar-refractivity contribution in [1.29, 1.82) is 0 Å². The van der Waals surface area contributed by atoms with Crippen molar-refractivity contribution in [1.82, 2.24) is 4.98 Å². The Hall–Kier alpha value is -2.18. The molecule has 0 amide bonds. The topological polar surface area (TPSA) is 77.3 Å². The fourth-order valence-corrected chi connectivity index (χ4v) is 2.26. The van der Waals surface area contributed by atoms with Gasteiger partial charge in [-0.15, -0.1) is 0 Å². The molecule has 1 aromatic carbocycles. The second-order valence-corrected chi connectivity index (χ2v) is 5.03. The predicted octanol–water partition coefficient (Wildman–Crippen LogP) is 3.58. The first-order valence-electron chi connectivity index (χ1n) is 6.75. The van der Waals surface area contributed by atoms with E-state index >= 15 is 0 Å². The Morgan fingerprint density at radius 2 is 2.09 bits per heavy atom. The summed E-state index contributed by atoms with van der Waals surface area (Å²) >= 11 is 5.83. The maximum Gasteiger partial charge on any atom is 0.329 e. The minimum atomic E-state index is -0.540. The number of benzene rings is 1. The molecule has 6 nitrogen and oxygen atoms in total. The summed E-state index contributed by atoms with van der Waals surface area (Å²) < 4.78 is 5.52. The van der Waals surface area contributed by atoms with Crippen molar-refractivity contribution in [2.45, 2.75) is 13.5 Å². The molecule has 0 radical (unpaired) electrons. The van der Waals surface area contributed by atoms with Gasteiger partial charge in [0.05, 0.1) is 18.1 Å². The van der Waals surface area contributed by atoms with E-state index in [-0.39, 0.29) is 10.8 Å². The summed E-state index contributed by atoms with van der Waals surface area (Å²) in [7, 11) is 0. The van der Waals surface area contributed by atoms with Gasteiger partial charge < -0.3 is 10.1 Å². The van der Waals surface area contributed by atoms with Crippen molar-refractivity contribution in [3.63, 3.8) is 0 Å². The van der Waals surface area contributed by atoms with Gasteiger partial charge in [-0.3, -0.25) is 10.1 Å². The normalized spacial score (nSPS) is 10.5. The Kier molecular flexibility index (Phi) is 5.68. The van der Waals surface area contributed by atoms with Crippen molar-refractivity contribution in [2.75, 3.05) is 18.5 Å². The van der Waals surface area contributed by atoms with Crippen molar-refractivity contribution < 1.29 is 9.66 Å². The number of nitrogens with zero attached hydrogens (tertiary/aromatic N) is 2. The van der Waals surface area contributed by atoms with Crippen LogP contribution in [-0.2, 0) is 11.3 Å². The molecule has 0 unspecified atom stereocenters. The molecule has 2 rings (SSSR count). The lowest BCUT2D eigenvalue weighted by Gasteiger charge is -2.09. The third-order valence-corrected chi connectivity index (χ3v) is 3.20. The zero-order chi connectivity index (χ0) is 15.9. The van der Waals surface area contributed by atoms with Crippen LogP contribution in [0.3, 0.4) is 0 Å². The summed E-state index contributed by atoms with van der Waals surface area (Å²) in [6.07, 6.45) is 0. The molecule has 116 valence electrons. The highest BCUT2D eigenvalue weighted by atomic mass is 35.5. The molecule has 1 heterocycles. The molecule has 0 atom stereocenters. The quantitative estimate of drug-likeness (QED) is 0.365. The average molecular weight is 322 g/mol. The lowest BCUT2D eigenvalue weighted by molar-refractivity contribution is -0.384. The second kappa shape index (κ2) is 7.72. The van der Waals surface area contributed by atoms with E-state index in [0.717, 1.165) is 5.56 Å². The third kappa shape index (κ3) is 4.41. The molecule has 0 saturated heterocycles. The van der Waals surface area contributed by atoms with Gasteiger partial charge in [-0.25, -0.2) is 4.98 Å². The number of anilines is 1. The van der Waals surface area contributed by atoms with E-state index in [1.165, 1.54) is 0 Å². The molecule has 0 saturated carbocycles. The highest BCUT2D eigenvalue weighted by molar-refractivity contribution is 6.32. The Balaban J connectivity index is 1.88. The van der Waals surface area contributed by atoms with E-state index in [9.17, 15) is 10.1 Å². The molecule has 0 fully saturated rings. The van der Waals surface area contributed by atoms with Crippen LogP contribution in [0.4, 0.5) is 11.4 Å². The number of hydrogen-bond donors (Lipinski definition) is 1. The van der Waals surface area contributed by atoms with Gasteiger partial charge in [0, 0.05) is 12.2 Å². The number of hydrogen-bond acceptors (Lipinski definition) is 5. The fourth-order valence-electron chi connectivity index (χ4n) is 1.96. The van der Waals surface area contributed by atoms with E-state index in [4.69, 9.17) is 16.3 Å². The average Bonchev–Trinajstić information content (AvgIpc) is 2.46. The lowest BCUT2D eigenvalue weighted by Crippen LogP contribution is -2.11. The van der Waals surface area contributed by atoms with Crippen molar-refractivity contribution >= 4 is 23.0 Å². The number of nitrogens with one attached hydrogen (secondary N) is 1. The van der Waals surface area contributed by atoms with Crippen molar-refractivity contribution in [3.8, 4) is 0 Å². The molecular formula is C15H16ClN3O3. The molecule has 0 spiro atoms. The first kappa shape index (κ1) is 16.2. The van der Waals surface area contributed by atoms with Crippen LogP contribution in [0.5, 0.6) is 0 Å². The summed E-state index contributed by atoms with van der Waals surface area (Å²) in [4.78, 5) is 14.4. The number of aryl methyl sites for hydroxylation is 1. The molecule has 0 aliphatic carbocycles. The maximum absolute atomic E-state index is 11.0. The molecule has 1 aromatic heterocycles. The van der Waals surface area contributed by atoms with Crippen LogP contribution in [0.1, 0.15) is 11.3 Å². The number of nitro groups is 1. The van der Waals surface area contributed by atoms with Crippen LogP contribution in [0.2, 0.25) is 5.15 Å². The molecule has 22 heavy (non-hydrogen) atoms. The van der Waals surface area contributed by atoms with Crippen LogP contribution in [-0.4, -0.2) is 23.1 Å². The van der Waals surface area contributed by atoms with E-state index < -0.39 is 4.92 Å². The minimum absolute atomic E-state index is 0.113. The zero-order valence-corrected chi connectivity index (χ0v) is 12.8. The molecule has 0 bridgehead atoms. The van der Waals surface area contributed by atoms with E-state index in [2.05, 4.69) is 10.3 Å². The predicted molar refractivity (Wildman–Crippen MR) is 85.2 cm³/mol. The maximum atomic E-state index is 11.0. The van der Waals surface area contributed by atoms with Gasteiger partial charge in [0.15, 0.2) is 0 Å². The van der Waals surface area contributed by atoms with Gasteiger partial charge >= 0.3 is 5.69 Å². The first-order valence-corrected chi connectivity index (χ1v) is 7.13. The summed E-state index contributed by atoms with van der Waals surface area (Å²) in [5.41, 5.74) is 1.83. The van der Waals surface area contributed by atoms with Gasteiger partial charge in [-0.05, 0) is 18.6 Å². The molecule has 1 N–H and O–H groups in total. The lowest BCUT2D eigenvalue weighted by atomic mass is 10.2. The first-order chi connectivity index (χ1) is 10.6. The third-order valence-electron chi connectivity index (χ3n) is 2.93. The fraction of sp³-hybridized carbons (Fsp3) is 0.267. The summed E-state index contributed by atoms with van der Waals surface area (Å²) in [6.45, 7) is 3.09. The molecule has 7 heteroatoms. The van der Waals surface area contributed by atoms with E-state index in [1.54, 1.807) is 13.0 Å². The summed E-state index contributed by atoms with van der Waals surface area (Å²) in [6, 6.07) is 11.4. The SMILES string of the molecule is Cc1cc(NCCOCc2ccccc2)c([N+](=O)[O-])c(Cl)n1. The molecular weight excluding hydrogens is 306 g/mol. The van der Waals surface area contributed by atoms with E-state index in [1.807, 2.05) is 30.3 Å².